The number of amides is 1. The van der Waals surface area contributed by atoms with Gasteiger partial charge in [0.15, 0.2) is 0 Å². The van der Waals surface area contributed by atoms with Crippen molar-refractivity contribution >= 4 is 5.91 Å². The largest absolute Gasteiger partial charge is 0.408 e. The van der Waals surface area contributed by atoms with E-state index in [0.29, 0.717) is 4.90 Å². The predicted octanol–water partition coefficient (Wildman–Crippen LogP) is -0.572. The van der Waals surface area contributed by atoms with Gasteiger partial charge in [-0.1, -0.05) is 0 Å². The maximum Gasteiger partial charge on any atom is 0.408 e. The molecule has 0 bridgehead atoms. The highest BCUT2D eigenvalue weighted by molar-refractivity contribution is 5.76. The van der Waals surface area contributed by atoms with Crippen molar-refractivity contribution in [3.05, 3.63) is 33.1 Å². The number of carbonyl (C=O) groups is 1. The Morgan fingerprint density at radius 1 is 1.35 bits per heavy atom. The van der Waals surface area contributed by atoms with E-state index in [-0.39, 0.29) is 19.4 Å². The lowest BCUT2D eigenvalue weighted by Crippen LogP contribution is -2.57. The summed E-state index contributed by atoms with van der Waals surface area (Å²) in [5.74, 6) is -0.858. The van der Waals surface area contributed by atoms with Crippen LogP contribution in [0, 0.1) is 0 Å². The number of nitrogens with two attached hydrogens (primary N) is 1. The molecule has 1 aromatic heterocycles. The minimum absolute atomic E-state index is 0.174. The Hall–Kier alpha value is -2.10. The SMILES string of the molecule is Cn1c(=O)ccn(CC(=O)N2C[C@H](N)CC[C@H]2C(F)(F)F)c1=O. The van der Waals surface area contributed by atoms with E-state index in [2.05, 4.69) is 0 Å². The second kappa shape index (κ2) is 6.19. The van der Waals surface area contributed by atoms with Crippen molar-refractivity contribution in [3.8, 4) is 0 Å². The lowest BCUT2D eigenvalue weighted by atomic mass is 9.98. The average Bonchev–Trinajstić information content (AvgIpc) is 2.46. The van der Waals surface area contributed by atoms with E-state index >= 15 is 0 Å². The molecule has 2 atom stereocenters. The molecule has 2 heterocycles. The van der Waals surface area contributed by atoms with E-state index in [1.807, 2.05) is 0 Å². The van der Waals surface area contributed by atoms with Gasteiger partial charge in [0.25, 0.3) is 5.56 Å². The van der Waals surface area contributed by atoms with Crippen LogP contribution in [0.5, 0.6) is 0 Å². The van der Waals surface area contributed by atoms with Gasteiger partial charge < -0.3 is 10.6 Å². The molecule has 10 heteroatoms. The highest BCUT2D eigenvalue weighted by atomic mass is 19.4. The van der Waals surface area contributed by atoms with Gasteiger partial charge in [-0.25, -0.2) is 4.79 Å². The molecule has 1 aliphatic rings. The predicted molar refractivity (Wildman–Crippen MR) is 74.7 cm³/mol. The number of hydrogen-bond acceptors (Lipinski definition) is 4. The minimum atomic E-state index is -4.55. The van der Waals surface area contributed by atoms with E-state index < -0.39 is 42.0 Å². The van der Waals surface area contributed by atoms with Crippen LogP contribution in [0.15, 0.2) is 21.9 Å². The van der Waals surface area contributed by atoms with Gasteiger partial charge in [0, 0.05) is 31.9 Å². The Labute approximate surface area is 129 Å². The van der Waals surface area contributed by atoms with Crippen molar-refractivity contribution < 1.29 is 18.0 Å². The molecular formula is C13H17F3N4O3. The molecule has 0 saturated carbocycles. The van der Waals surface area contributed by atoms with Gasteiger partial charge in [0.1, 0.15) is 12.6 Å². The first-order valence-corrected chi connectivity index (χ1v) is 6.99. The number of carbonyl (C=O) groups excluding carboxylic acids is 1. The third-order valence-corrected chi connectivity index (χ3v) is 3.88. The summed E-state index contributed by atoms with van der Waals surface area (Å²) in [7, 11) is 1.22. The van der Waals surface area contributed by atoms with Crippen molar-refractivity contribution in [3.63, 3.8) is 0 Å². The van der Waals surface area contributed by atoms with E-state index in [4.69, 9.17) is 5.73 Å². The molecule has 0 unspecified atom stereocenters. The lowest BCUT2D eigenvalue weighted by Gasteiger charge is -2.39. The Morgan fingerprint density at radius 3 is 2.61 bits per heavy atom. The smallest absolute Gasteiger partial charge is 0.327 e. The second-order valence-corrected chi connectivity index (χ2v) is 5.56. The fourth-order valence-corrected chi connectivity index (χ4v) is 2.59. The summed E-state index contributed by atoms with van der Waals surface area (Å²) in [4.78, 5) is 36.1. The number of nitrogens with zero attached hydrogens (tertiary/aromatic N) is 3. The van der Waals surface area contributed by atoms with Crippen molar-refractivity contribution in [1.29, 1.82) is 0 Å². The zero-order valence-electron chi connectivity index (χ0n) is 12.4. The number of alkyl halides is 3. The summed E-state index contributed by atoms with van der Waals surface area (Å²) in [6.07, 6.45) is -3.55. The molecule has 0 radical (unpaired) electrons. The van der Waals surface area contributed by atoms with Gasteiger partial charge in [0.2, 0.25) is 5.91 Å². The first-order valence-electron chi connectivity index (χ1n) is 6.99. The number of rotatable bonds is 2. The molecule has 2 N–H and O–H groups in total. The third kappa shape index (κ3) is 3.63. The average molecular weight is 334 g/mol. The summed E-state index contributed by atoms with van der Waals surface area (Å²) in [5, 5.41) is 0. The molecule has 7 nitrogen and oxygen atoms in total. The van der Waals surface area contributed by atoms with E-state index in [1.165, 1.54) is 7.05 Å². The van der Waals surface area contributed by atoms with Gasteiger partial charge in [-0.2, -0.15) is 13.2 Å². The molecule has 1 aromatic rings. The summed E-state index contributed by atoms with van der Waals surface area (Å²) in [6.45, 7) is -0.796. The molecule has 0 aromatic carbocycles. The number of hydrogen-bond donors (Lipinski definition) is 1. The molecule has 0 spiro atoms. The summed E-state index contributed by atoms with van der Waals surface area (Å²) < 4.78 is 40.9. The van der Waals surface area contributed by atoms with Gasteiger partial charge >= 0.3 is 11.9 Å². The molecule has 1 amide bonds. The molecule has 1 saturated heterocycles. The van der Waals surface area contributed by atoms with E-state index in [1.54, 1.807) is 0 Å². The first kappa shape index (κ1) is 17.3. The van der Waals surface area contributed by atoms with Crippen LogP contribution in [-0.2, 0) is 18.4 Å². The quantitative estimate of drug-likeness (QED) is 0.784. The zero-order chi connectivity index (χ0) is 17.4. The molecule has 23 heavy (non-hydrogen) atoms. The lowest BCUT2D eigenvalue weighted by molar-refractivity contribution is -0.197. The Bertz CT molecular complexity index is 710. The van der Waals surface area contributed by atoms with Gasteiger partial charge in [-0.3, -0.25) is 18.7 Å². The Kier molecular flexibility index (Phi) is 4.64. The van der Waals surface area contributed by atoms with Crippen LogP contribution in [0.2, 0.25) is 0 Å². The molecule has 1 fully saturated rings. The zero-order valence-corrected chi connectivity index (χ0v) is 12.4. The number of aromatic nitrogens is 2. The van der Waals surface area contributed by atoms with Crippen LogP contribution in [0.25, 0.3) is 0 Å². The topological polar surface area (TPSA) is 90.3 Å². The summed E-state index contributed by atoms with van der Waals surface area (Å²) >= 11 is 0. The monoisotopic (exact) mass is 334 g/mol. The maximum atomic E-state index is 13.1. The van der Waals surface area contributed by atoms with Crippen molar-refractivity contribution in [2.45, 2.75) is 37.6 Å². The van der Waals surface area contributed by atoms with Gasteiger partial charge in [-0.05, 0) is 12.8 Å². The van der Waals surface area contributed by atoms with Crippen LogP contribution in [0.1, 0.15) is 12.8 Å². The van der Waals surface area contributed by atoms with Crippen LogP contribution in [0.3, 0.4) is 0 Å². The van der Waals surface area contributed by atoms with Crippen LogP contribution in [0.4, 0.5) is 13.2 Å². The Balaban J connectivity index is 2.26. The van der Waals surface area contributed by atoms with Crippen molar-refractivity contribution in [2.75, 3.05) is 6.54 Å². The number of likely N-dealkylation sites (tertiary alicyclic amines) is 1. The van der Waals surface area contributed by atoms with E-state index in [0.717, 1.165) is 21.4 Å². The van der Waals surface area contributed by atoms with Crippen molar-refractivity contribution in [2.24, 2.45) is 12.8 Å². The first-order chi connectivity index (χ1) is 10.6. The number of piperidine rings is 1. The van der Waals surface area contributed by atoms with Crippen molar-refractivity contribution in [1.82, 2.24) is 14.0 Å². The fourth-order valence-electron chi connectivity index (χ4n) is 2.59. The van der Waals surface area contributed by atoms with E-state index in [9.17, 15) is 27.6 Å². The van der Waals surface area contributed by atoms with Gasteiger partial charge in [-0.15, -0.1) is 0 Å². The number of halogens is 3. The minimum Gasteiger partial charge on any atom is -0.327 e. The Morgan fingerprint density at radius 2 is 2.00 bits per heavy atom. The summed E-state index contributed by atoms with van der Waals surface area (Å²) in [5.41, 5.74) is 4.33. The highest BCUT2D eigenvalue weighted by Gasteiger charge is 2.47. The van der Waals surface area contributed by atoms with Crippen LogP contribution >= 0.6 is 0 Å². The second-order valence-electron chi connectivity index (χ2n) is 5.56. The molecule has 128 valence electrons. The third-order valence-electron chi connectivity index (χ3n) is 3.88. The molecule has 2 rings (SSSR count). The van der Waals surface area contributed by atoms with Crippen LogP contribution < -0.4 is 17.0 Å². The maximum absolute atomic E-state index is 13.1. The van der Waals surface area contributed by atoms with Gasteiger partial charge in [0.05, 0.1) is 0 Å². The fraction of sp³-hybridized carbons (Fsp3) is 0.615. The summed E-state index contributed by atoms with van der Waals surface area (Å²) in [6, 6.07) is -1.37. The molecule has 1 aliphatic heterocycles. The molecular weight excluding hydrogens is 317 g/mol. The normalized spacial score (nSPS) is 22.2. The molecule has 0 aliphatic carbocycles. The standard InChI is InChI=1S/C13H17F3N4O3/c1-18-10(21)4-5-19(12(18)23)7-11(22)20-6-8(17)2-3-9(20)13(14,15)16/h4-5,8-9H,2-3,6-7,17H2,1H3/t8-,9+/m1/s1. The van der Waals surface area contributed by atoms with Crippen LogP contribution in [-0.4, -0.2) is 44.7 Å². The highest BCUT2D eigenvalue weighted by Crippen LogP contribution is 2.31.